The molecule has 2 N–H and O–H groups in total. The molecule has 0 spiro atoms. The number of hydrogen-bond acceptors (Lipinski definition) is 9. The molecule has 1 radical (unpaired) electrons. The standard InChI is InChI=1S/C30H35N3O6.Ac/c1-6-7-23(34)37-12-22-25-18(27(35)16(4)29-30(25)39-13-38-29)10-20-26-24-17(8-14(2)15(3)28(24)36)9-19(32(26)5)21(11-31)33(20)22;/h8,19-22,26,35-36H,6-7,9-10,12-13H2,1-5H3;/t19-,20?,21-,22-,26-;/m0./s1. The van der Waals surface area contributed by atoms with E-state index in [0.29, 0.717) is 54.1 Å². The summed E-state index contributed by atoms with van der Waals surface area (Å²) in [4.78, 5) is 16.9. The van der Waals surface area contributed by atoms with Crippen molar-refractivity contribution < 1.29 is 73.3 Å². The molecule has 4 aliphatic heterocycles. The average molecular weight is 761 g/mol. The maximum Gasteiger partial charge on any atom is 0.305 e. The van der Waals surface area contributed by atoms with Crippen LogP contribution in [0, 0.1) is 76.2 Å². The third-order valence-corrected chi connectivity index (χ3v) is 9.32. The largest absolute Gasteiger partial charge is 0.507 e. The molecule has 1 unspecified atom stereocenters. The first-order valence-electron chi connectivity index (χ1n) is 13.7. The second-order valence-electron chi connectivity index (χ2n) is 11.3. The van der Waals surface area contributed by atoms with Gasteiger partial charge < -0.3 is 24.4 Å². The number of nitriles is 1. The summed E-state index contributed by atoms with van der Waals surface area (Å²) < 4.78 is 17.5. The molecular formula is C30H35AcN3O6. The van der Waals surface area contributed by atoms with Gasteiger partial charge in [-0.3, -0.25) is 14.6 Å². The van der Waals surface area contributed by atoms with Crippen LogP contribution in [0.25, 0.3) is 0 Å². The Morgan fingerprint density at radius 1 is 1.10 bits per heavy atom. The summed E-state index contributed by atoms with van der Waals surface area (Å²) in [5.41, 5.74) is 5.85. The molecule has 0 aliphatic carbocycles. The molecule has 6 rings (SSSR count). The van der Waals surface area contributed by atoms with Crippen molar-refractivity contribution in [2.45, 2.75) is 83.6 Å². The zero-order valence-corrected chi connectivity index (χ0v) is 28.4. The predicted molar refractivity (Wildman–Crippen MR) is 142 cm³/mol. The Hall–Kier alpha value is -2.04. The first-order chi connectivity index (χ1) is 18.7. The molecular weight excluding hydrogens is 725 g/mol. The van der Waals surface area contributed by atoms with Crippen LogP contribution in [0.4, 0.5) is 0 Å². The van der Waals surface area contributed by atoms with E-state index in [9.17, 15) is 20.3 Å². The van der Waals surface area contributed by atoms with Crippen molar-refractivity contribution in [1.29, 1.82) is 5.26 Å². The topological polar surface area (TPSA) is 115 Å². The van der Waals surface area contributed by atoms with E-state index in [0.717, 1.165) is 27.8 Å². The van der Waals surface area contributed by atoms with Crippen molar-refractivity contribution in [3.05, 3.63) is 45.0 Å². The number of rotatable bonds is 4. The van der Waals surface area contributed by atoms with Crippen molar-refractivity contribution in [1.82, 2.24) is 9.80 Å². The molecule has 2 bridgehead atoms. The Morgan fingerprint density at radius 2 is 1.82 bits per heavy atom. The summed E-state index contributed by atoms with van der Waals surface area (Å²) in [7, 11) is 2.02. The van der Waals surface area contributed by atoms with Gasteiger partial charge in [-0.15, -0.1) is 0 Å². The first-order valence-corrected chi connectivity index (χ1v) is 13.7. The van der Waals surface area contributed by atoms with Crippen molar-refractivity contribution in [3.8, 4) is 29.1 Å². The summed E-state index contributed by atoms with van der Waals surface area (Å²) in [6.07, 6.45) is 2.02. The van der Waals surface area contributed by atoms with E-state index in [4.69, 9.17) is 14.2 Å². The van der Waals surface area contributed by atoms with Gasteiger partial charge in [0.05, 0.1) is 18.2 Å². The number of phenolic OH excluding ortho intramolecular Hbond substituents is 2. The zero-order chi connectivity index (χ0) is 27.7. The minimum Gasteiger partial charge on any atom is -0.507 e. The number of nitrogens with zero attached hydrogens (tertiary/aromatic N) is 3. The number of aryl methyl sites for hydroxylation is 1. The number of aromatic hydroxyl groups is 2. The van der Waals surface area contributed by atoms with Gasteiger partial charge >= 0.3 is 5.97 Å². The predicted octanol–water partition coefficient (Wildman–Crippen LogP) is 3.87. The van der Waals surface area contributed by atoms with Gasteiger partial charge in [0.1, 0.15) is 24.1 Å². The fourth-order valence-electron chi connectivity index (χ4n) is 7.32. The molecule has 0 aromatic heterocycles. The van der Waals surface area contributed by atoms with Crippen molar-refractivity contribution in [2.24, 2.45) is 0 Å². The van der Waals surface area contributed by atoms with E-state index in [1.54, 1.807) is 6.92 Å². The molecule has 1 saturated heterocycles. The summed E-state index contributed by atoms with van der Waals surface area (Å²) in [5, 5.41) is 33.5. The summed E-state index contributed by atoms with van der Waals surface area (Å²) >= 11 is 0. The smallest absolute Gasteiger partial charge is 0.305 e. The van der Waals surface area contributed by atoms with Crippen molar-refractivity contribution >= 4 is 5.97 Å². The second kappa shape index (κ2) is 11.0. The van der Waals surface area contributed by atoms with Crippen LogP contribution in [-0.2, 0) is 22.4 Å². The Balaban J connectivity index is 0.00000323. The molecule has 0 amide bonds. The van der Waals surface area contributed by atoms with E-state index >= 15 is 0 Å². The van der Waals surface area contributed by atoms with Crippen LogP contribution in [0.3, 0.4) is 0 Å². The molecule has 40 heavy (non-hydrogen) atoms. The van der Waals surface area contributed by atoms with E-state index in [1.807, 2.05) is 27.8 Å². The Bertz CT molecular complexity index is 1420. The van der Waals surface area contributed by atoms with Gasteiger partial charge in [-0.1, -0.05) is 13.0 Å². The van der Waals surface area contributed by atoms with Gasteiger partial charge in [0, 0.05) is 84.8 Å². The molecule has 2 aromatic carbocycles. The summed E-state index contributed by atoms with van der Waals surface area (Å²) in [6.45, 7) is 7.71. The van der Waals surface area contributed by atoms with Crippen LogP contribution in [0.15, 0.2) is 6.07 Å². The Morgan fingerprint density at radius 3 is 2.52 bits per heavy atom. The Kier molecular flexibility index (Phi) is 8.09. The quantitative estimate of drug-likeness (QED) is 0.449. The van der Waals surface area contributed by atoms with Crippen LogP contribution >= 0.6 is 0 Å². The minimum atomic E-state index is -0.528. The normalized spacial score (nSPS) is 26.1. The molecule has 5 atom stereocenters. The van der Waals surface area contributed by atoms with Gasteiger partial charge in [-0.25, -0.2) is 0 Å². The number of hydrogen-bond donors (Lipinski definition) is 2. The van der Waals surface area contributed by atoms with Crippen LogP contribution in [0.1, 0.15) is 70.8 Å². The van der Waals surface area contributed by atoms with Crippen LogP contribution in [0.2, 0.25) is 0 Å². The maximum absolute atomic E-state index is 12.5. The molecule has 0 saturated carbocycles. The molecule has 4 aliphatic rings. The zero-order valence-electron chi connectivity index (χ0n) is 23.7. The summed E-state index contributed by atoms with van der Waals surface area (Å²) in [5.74, 6) is 1.16. The van der Waals surface area contributed by atoms with Gasteiger partial charge in [0.2, 0.25) is 6.79 Å². The third kappa shape index (κ3) is 4.23. The van der Waals surface area contributed by atoms with E-state index < -0.39 is 12.1 Å². The number of esters is 1. The fraction of sp³-hybridized carbons (Fsp3) is 0.533. The number of ether oxygens (including phenoxy) is 3. The number of carbonyl (C=O) groups excluding carboxylic acids is 1. The van der Waals surface area contributed by atoms with Crippen LogP contribution < -0.4 is 9.47 Å². The van der Waals surface area contributed by atoms with Gasteiger partial charge in [0.25, 0.3) is 0 Å². The first kappa shape index (κ1) is 29.5. The fourth-order valence-corrected chi connectivity index (χ4v) is 7.32. The monoisotopic (exact) mass is 760 g/mol. The van der Waals surface area contributed by atoms with Gasteiger partial charge in [-0.05, 0) is 63.8 Å². The number of phenols is 2. The third-order valence-electron chi connectivity index (χ3n) is 9.32. The number of fused-ring (bicyclic) bond motifs is 9. The Labute approximate surface area is 270 Å². The molecule has 10 heteroatoms. The van der Waals surface area contributed by atoms with Crippen molar-refractivity contribution in [2.75, 3.05) is 20.4 Å². The van der Waals surface area contributed by atoms with E-state index in [1.165, 1.54) is 0 Å². The van der Waals surface area contributed by atoms with Crippen molar-refractivity contribution in [3.63, 3.8) is 0 Å². The minimum absolute atomic E-state index is 0. The number of benzene rings is 2. The van der Waals surface area contributed by atoms with Crippen LogP contribution in [0.5, 0.6) is 23.0 Å². The second-order valence-corrected chi connectivity index (χ2v) is 11.3. The van der Waals surface area contributed by atoms with E-state index in [2.05, 4.69) is 21.9 Å². The number of piperazine rings is 1. The summed E-state index contributed by atoms with van der Waals surface area (Å²) in [6, 6.07) is 3.04. The number of likely N-dealkylation sites (N-methyl/N-ethyl adjacent to an activating group) is 1. The molecule has 2 aromatic rings. The van der Waals surface area contributed by atoms with Crippen LogP contribution in [-0.4, -0.2) is 64.6 Å². The molecule has 1 fully saturated rings. The van der Waals surface area contributed by atoms with Gasteiger partial charge in [0.15, 0.2) is 11.5 Å². The maximum atomic E-state index is 12.5. The van der Waals surface area contributed by atoms with Gasteiger partial charge in [-0.2, -0.15) is 5.26 Å². The SMILES string of the molecule is CCCC(=O)OC[C@H]1c2c(c(O)c(C)c3c2OCO3)CC2[C@H]3c4c(cc(C)c(C)c4O)C[C@@H]([C@H](C#N)N21)N3C.[Ac]. The molecule has 9 nitrogen and oxygen atoms in total. The number of carbonyl (C=O) groups is 1. The molecule has 4 heterocycles. The van der Waals surface area contributed by atoms with E-state index in [-0.39, 0.29) is 87.3 Å². The average Bonchev–Trinajstić information content (AvgIpc) is 3.40. The molecule has 209 valence electrons.